The maximum absolute atomic E-state index is 12.7. The number of carbonyl (C=O) groups is 1. The minimum atomic E-state index is -0.830. The smallest absolute Gasteiger partial charge is 0.256 e. The van der Waals surface area contributed by atoms with Crippen LogP contribution in [0.1, 0.15) is 52.7 Å². The van der Waals surface area contributed by atoms with Gasteiger partial charge in [-0.3, -0.25) is 4.79 Å². The van der Waals surface area contributed by atoms with Gasteiger partial charge in [-0.25, -0.2) is 4.98 Å². The van der Waals surface area contributed by atoms with E-state index in [2.05, 4.69) is 17.2 Å². The molecular formula is C19H32N2O4. The summed E-state index contributed by atoms with van der Waals surface area (Å²) in [5, 5.41) is 2.94. The van der Waals surface area contributed by atoms with Crippen molar-refractivity contribution >= 4 is 11.6 Å². The third-order valence-electron chi connectivity index (χ3n) is 3.94. The Morgan fingerprint density at radius 1 is 1.20 bits per heavy atom. The highest BCUT2D eigenvalue weighted by Crippen LogP contribution is 2.23. The Kier molecular flexibility index (Phi) is 9.45. The van der Waals surface area contributed by atoms with Crippen LogP contribution in [0.2, 0.25) is 0 Å². The molecule has 1 atom stereocenters. The zero-order chi connectivity index (χ0) is 18.7. The molecule has 1 aromatic heterocycles. The van der Waals surface area contributed by atoms with Gasteiger partial charge in [0, 0.05) is 19.3 Å². The van der Waals surface area contributed by atoms with E-state index in [1.54, 1.807) is 6.07 Å². The molecule has 1 aromatic rings. The highest BCUT2D eigenvalue weighted by Gasteiger charge is 2.33. The first-order chi connectivity index (χ1) is 12.0. The number of hydrogen-bond acceptors (Lipinski definition) is 5. The van der Waals surface area contributed by atoms with Gasteiger partial charge >= 0.3 is 0 Å². The van der Waals surface area contributed by atoms with Gasteiger partial charge in [-0.15, -0.1) is 0 Å². The summed E-state index contributed by atoms with van der Waals surface area (Å²) in [5.41, 5.74) is 0.547. The normalized spacial score (nSPS) is 13.3. The fourth-order valence-electron chi connectivity index (χ4n) is 2.44. The number of anilines is 1. The number of amides is 1. The van der Waals surface area contributed by atoms with E-state index in [4.69, 9.17) is 14.2 Å². The van der Waals surface area contributed by atoms with Crippen molar-refractivity contribution in [1.82, 2.24) is 4.98 Å². The number of unbranched alkanes of at least 4 members (excludes halogenated alkanes) is 1. The molecular weight excluding hydrogens is 320 g/mol. The van der Waals surface area contributed by atoms with Gasteiger partial charge in [-0.1, -0.05) is 19.8 Å². The fourth-order valence-corrected chi connectivity index (χ4v) is 2.44. The van der Waals surface area contributed by atoms with E-state index < -0.39 is 5.60 Å². The SMILES string of the molecule is CCCCC(C)(OCC)C(=O)Nc1ccc(OCCOCC)nc1C. The Balaban J connectivity index is 2.72. The molecule has 0 saturated carbocycles. The van der Waals surface area contributed by atoms with E-state index in [1.165, 1.54) is 0 Å². The molecule has 0 aliphatic carbocycles. The maximum Gasteiger partial charge on any atom is 0.256 e. The van der Waals surface area contributed by atoms with Crippen LogP contribution in [0.5, 0.6) is 5.88 Å². The number of carbonyl (C=O) groups excluding carboxylic acids is 1. The van der Waals surface area contributed by atoms with Gasteiger partial charge in [0.25, 0.3) is 5.91 Å². The largest absolute Gasteiger partial charge is 0.475 e. The lowest BCUT2D eigenvalue weighted by Crippen LogP contribution is -2.43. The first-order valence-electron chi connectivity index (χ1n) is 9.10. The average molecular weight is 352 g/mol. The van der Waals surface area contributed by atoms with Crippen molar-refractivity contribution in [2.45, 2.75) is 59.5 Å². The van der Waals surface area contributed by atoms with E-state index in [-0.39, 0.29) is 5.91 Å². The molecule has 1 N–H and O–H groups in total. The molecule has 0 fully saturated rings. The Labute approximate surface area is 151 Å². The summed E-state index contributed by atoms with van der Waals surface area (Å²) < 4.78 is 16.5. The molecule has 0 radical (unpaired) electrons. The molecule has 0 aliphatic heterocycles. The number of ether oxygens (including phenoxy) is 3. The summed E-state index contributed by atoms with van der Waals surface area (Å²) in [5.74, 6) is 0.381. The zero-order valence-electron chi connectivity index (χ0n) is 16.2. The third-order valence-corrected chi connectivity index (χ3v) is 3.94. The van der Waals surface area contributed by atoms with Crippen LogP contribution < -0.4 is 10.1 Å². The van der Waals surface area contributed by atoms with Crippen molar-refractivity contribution in [2.24, 2.45) is 0 Å². The Hall–Kier alpha value is -1.66. The average Bonchev–Trinajstić information content (AvgIpc) is 2.59. The van der Waals surface area contributed by atoms with Crippen LogP contribution in [0, 0.1) is 6.92 Å². The first-order valence-corrected chi connectivity index (χ1v) is 9.10. The molecule has 6 heteroatoms. The van der Waals surface area contributed by atoms with Gasteiger partial charge in [0.2, 0.25) is 5.88 Å². The third kappa shape index (κ3) is 7.00. The second kappa shape index (κ2) is 11.1. The number of pyridine rings is 1. The van der Waals surface area contributed by atoms with Crippen LogP contribution in [-0.2, 0) is 14.3 Å². The summed E-state index contributed by atoms with van der Waals surface area (Å²) in [6, 6.07) is 3.56. The molecule has 0 aliphatic rings. The Bertz CT molecular complexity index is 536. The minimum absolute atomic E-state index is 0.141. The van der Waals surface area contributed by atoms with Gasteiger partial charge < -0.3 is 19.5 Å². The molecule has 0 saturated heterocycles. The molecule has 25 heavy (non-hydrogen) atoms. The lowest BCUT2D eigenvalue weighted by Gasteiger charge is -2.28. The van der Waals surface area contributed by atoms with E-state index in [0.29, 0.717) is 50.1 Å². The Morgan fingerprint density at radius 3 is 2.56 bits per heavy atom. The number of nitrogens with one attached hydrogen (secondary N) is 1. The van der Waals surface area contributed by atoms with E-state index in [9.17, 15) is 4.79 Å². The predicted molar refractivity (Wildman–Crippen MR) is 99.1 cm³/mol. The molecule has 0 aromatic carbocycles. The van der Waals surface area contributed by atoms with E-state index in [0.717, 1.165) is 12.8 Å². The van der Waals surface area contributed by atoms with Crippen molar-refractivity contribution in [1.29, 1.82) is 0 Å². The van der Waals surface area contributed by atoms with Gasteiger partial charge in [0.1, 0.15) is 12.2 Å². The number of nitrogens with zero attached hydrogens (tertiary/aromatic N) is 1. The van der Waals surface area contributed by atoms with E-state index >= 15 is 0 Å². The highest BCUT2D eigenvalue weighted by atomic mass is 16.5. The fraction of sp³-hybridized carbons (Fsp3) is 0.684. The summed E-state index contributed by atoms with van der Waals surface area (Å²) in [6.07, 6.45) is 2.65. The standard InChI is InChI=1S/C19H32N2O4/c1-6-9-12-19(5,25-8-3)18(22)21-16-10-11-17(20-15(16)4)24-14-13-23-7-2/h10-11H,6-9,12-14H2,1-5H3,(H,21,22). The van der Waals surface area contributed by atoms with Crippen molar-refractivity contribution < 1.29 is 19.0 Å². The second-order valence-electron chi connectivity index (χ2n) is 6.05. The molecule has 1 heterocycles. The molecule has 0 spiro atoms. The van der Waals surface area contributed by atoms with Crippen LogP contribution in [0.15, 0.2) is 12.1 Å². The number of aryl methyl sites for hydroxylation is 1. The van der Waals surface area contributed by atoms with Crippen LogP contribution in [0.4, 0.5) is 5.69 Å². The van der Waals surface area contributed by atoms with Crippen molar-refractivity contribution in [2.75, 3.05) is 31.7 Å². The van der Waals surface area contributed by atoms with Gasteiger partial charge in [0.15, 0.2) is 0 Å². The lowest BCUT2D eigenvalue weighted by atomic mass is 9.97. The lowest BCUT2D eigenvalue weighted by molar-refractivity contribution is -0.139. The second-order valence-corrected chi connectivity index (χ2v) is 6.05. The van der Waals surface area contributed by atoms with Crippen LogP contribution >= 0.6 is 0 Å². The quantitative estimate of drug-likeness (QED) is 0.581. The zero-order valence-corrected chi connectivity index (χ0v) is 16.2. The summed E-state index contributed by atoms with van der Waals surface area (Å²) in [6.45, 7) is 11.8. The predicted octanol–water partition coefficient (Wildman–Crippen LogP) is 3.73. The van der Waals surface area contributed by atoms with E-state index in [1.807, 2.05) is 33.8 Å². The first kappa shape index (κ1) is 21.4. The maximum atomic E-state index is 12.7. The minimum Gasteiger partial charge on any atom is -0.475 e. The van der Waals surface area contributed by atoms with Gasteiger partial charge in [-0.2, -0.15) is 0 Å². The Morgan fingerprint density at radius 2 is 1.96 bits per heavy atom. The number of rotatable bonds is 12. The molecule has 1 rings (SSSR count). The molecule has 6 nitrogen and oxygen atoms in total. The van der Waals surface area contributed by atoms with Gasteiger partial charge in [0.05, 0.1) is 18.0 Å². The monoisotopic (exact) mass is 352 g/mol. The summed E-state index contributed by atoms with van der Waals surface area (Å²) in [7, 11) is 0. The molecule has 0 bridgehead atoms. The topological polar surface area (TPSA) is 69.7 Å². The highest BCUT2D eigenvalue weighted by molar-refractivity contribution is 5.97. The van der Waals surface area contributed by atoms with Crippen LogP contribution in [0.3, 0.4) is 0 Å². The summed E-state index contributed by atoms with van der Waals surface area (Å²) in [4.78, 5) is 17.1. The molecule has 142 valence electrons. The van der Waals surface area contributed by atoms with Crippen molar-refractivity contribution in [3.8, 4) is 5.88 Å². The molecule has 1 amide bonds. The molecule has 1 unspecified atom stereocenters. The van der Waals surface area contributed by atoms with Crippen molar-refractivity contribution in [3.05, 3.63) is 17.8 Å². The van der Waals surface area contributed by atoms with Crippen LogP contribution in [0.25, 0.3) is 0 Å². The van der Waals surface area contributed by atoms with Gasteiger partial charge in [-0.05, 0) is 40.2 Å². The summed E-state index contributed by atoms with van der Waals surface area (Å²) >= 11 is 0. The number of hydrogen-bond donors (Lipinski definition) is 1. The van der Waals surface area contributed by atoms with Crippen LogP contribution in [-0.4, -0.2) is 42.9 Å². The number of aromatic nitrogens is 1. The van der Waals surface area contributed by atoms with Crippen molar-refractivity contribution in [3.63, 3.8) is 0 Å².